The van der Waals surface area contributed by atoms with Crippen molar-refractivity contribution in [2.24, 2.45) is 5.92 Å². The molecule has 0 aromatic rings. The van der Waals surface area contributed by atoms with Crippen LogP contribution in [0.4, 0.5) is 0 Å². The molecule has 0 unspecified atom stereocenters. The summed E-state index contributed by atoms with van der Waals surface area (Å²) in [5, 5.41) is 9.35. The molecular formula is C13H22N2O5S. The van der Waals surface area contributed by atoms with E-state index in [1.165, 1.54) is 11.9 Å². The van der Waals surface area contributed by atoms with Crippen LogP contribution in [0.3, 0.4) is 0 Å². The van der Waals surface area contributed by atoms with E-state index in [0.29, 0.717) is 6.42 Å². The zero-order valence-electron chi connectivity index (χ0n) is 12.4. The maximum atomic E-state index is 12.4. The highest BCUT2D eigenvalue weighted by atomic mass is 32.2. The third kappa shape index (κ3) is 3.37. The molecule has 1 amide bonds. The van der Waals surface area contributed by atoms with Gasteiger partial charge < -0.3 is 10.0 Å². The molecule has 0 aromatic carbocycles. The number of nitrogens with zero attached hydrogens (tertiary/aromatic N) is 2. The average Bonchev–Trinajstić information content (AvgIpc) is 2.76. The molecule has 1 saturated carbocycles. The Morgan fingerprint density at radius 3 is 2.48 bits per heavy atom. The van der Waals surface area contributed by atoms with Crippen molar-refractivity contribution < 1.29 is 23.1 Å². The van der Waals surface area contributed by atoms with E-state index >= 15 is 0 Å². The zero-order chi connectivity index (χ0) is 15.8. The van der Waals surface area contributed by atoms with Gasteiger partial charge in [-0.15, -0.1) is 0 Å². The van der Waals surface area contributed by atoms with Crippen molar-refractivity contribution in [1.82, 2.24) is 9.21 Å². The number of likely N-dealkylation sites (N-methyl/N-ethyl adjacent to an activating group) is 1. The number of hydrogen-bond acceptors (Lipinski definition) is 4. The number of carbonyl (C=O) groups is 2. The SMILES string of the molecule is CN(CC(=O)N1[C@H](C(=O)O)C[C@H]2CCCC[C@@H]21)S(C)(=O)=O. The summed E-state index contributed by atoms with van der Waals surface area (Å²) in [5.41, 5.74) is 0. The monoisotopic (exact) mass is 318 g/mol. The summed E-state index contributed by atoms with van der Waals surface area (Å²) in [6.07, 6.45) is 5.32. The number of amides is 1. The lowest BCUT2D eigenvalue weighted by molar-refractivity contribution is -0.149. The van der Waals surface area contributed by atoms with Crippen LogP contribution in [0.5, 0.6) is 0 Å². The van der Waals surface area contributed by atoms with Crippen molar-refractivity contribution in [3.05, 3.63) is 0 Å². The van der Waals surface area contributed by atoms with Crippen LogP contribution in [0.15, 0.2) is 0 Å². The molecule has 2 aliphatic rings. The molecule has 0 bridgehead atoms. The van der Waals surface area contributed by atoms with Crippen molar-refractivity contribution in [1.29, 1.82) is 0 Å². The van der Waals surface area contributed by atoms with Crippen LogP contribution in [-0.2, 0) is 19.6 Å². The van der Waals surface area contributed by atoms with E-state index in [4.69, 9.17) is 0 Å². The first-order valence-corrected chi connectivity index (χ1v) is 9.02. The Bertz CT molecular complexity index is 533. The molecule has 0 spiro atoms. The summed E-state index contributed by atoms with van der Waals surface area (Å²) in [7, 11) is -2.13. The van der Waals surface area contributed by atoms with Gasteiger partial charge in [0.25, 0.3) is 0 Å². The maximum Gasteiger partial charge on any atom is 0.326 e. The Labute approximate surface area is 125 Å². The predicted octanol–water partition coefficient (Wildman–Crippen LogP) is 0.122. The summed E-state index contributed by atoms with van der Waals surface area (Å²) >= 11 is 0. The molecule has 8 heteroatoms. The fourth-order valence-electron chi connectivity index (χ4n) is 3.43. The van der Waals surface area contributed by atoms with E-state index in [1.807, 2.05) is 0 Å². The van der Waals surface area contributed by atoms with Gasteiger partial charge in [-0.25, -0.2) is 13.2 Å². The van der Waals surface area contributed by atoms with Gasteiger partial charge in [-0.2, -0.15) is 4.31 Å². The van der Waals surface area contributed by atoms with Crippen LogP contribution in [0, 0.1) is 5.92 Å². The second-order valence-corrected chi connectivity index (χ2v) is 8.11. The molecule has 1 aliphatic carbocycles. The quantitative estimate of drug-likeness (QED) is 0.794. The highest BCUT2D eigenvalue weighted by molar-refractivity contribution is 7.88. The van der Waals surface area contributed by atoms with E-state index in [-0.39, 0.29) is 18.5 Å². The highest BCUT2D eigenvalue weighted by Crippen LogP contribution is 2.39. The Morgan fingerprint density at radius 2 is 1.90 bits per heavy atom. The third-order valence-corrected chi connectivity index (χ3v) is 5.85. The topological polar surface area (TPSA) is 95.0 Å². The number of sulfonamides is 1. The van der Waals surface area contributed by atoms with Crippen molar-refractivity contribution in [2.75, 3.05) is 19.8 Å². The first kappa shape index (κ1) is 16.2. The van der Waals surface area contributed by atoms with Gasteiger partial charge in [-0.3, -0.25) is 4.79 Å². The van der Waals surface area contributed by atoms with Gasteiger partial charge in [0.05, 0.1) is 12.8 Å². The average molecular weight is 318 g/mol. The van der Waals surface area contributed by atoms with E-state index < -0.39 is 27.9 Å². The summed E-state index contributed by atoms with van der Waals surface area (Å²) < 4.78 is 23.8. The van der Waals surface area contributed by atoms with Gasteiger partial charge in [0.15, 0.2) is 0 Å². The number of carboxylic acid groups (broad SMARTS) is 1. The number of hydrogen-bond donors (Lipinski definition) is 1. The van der Waals surface area contributed by atoms with Crippen LogP contribution in [0.1, 0.15) is 32.1 Å². The minimum absolute atomic E-state index is 0.0553. The van der Waals surface area contributed by atoms with E-state index in [2.05, 4.69) is 0 Å². The molecule has 3 atom stereocenters. The number of likely N-dealkylation sites (tertiary alicyclic amines) is 1. The smallest absolute Gasteiger partial charge is 0.326 e. The lowest BCUT2D eigenvalue weighted by Gasteiger charge is -2.33. The third-order valence-electron chi connectivity index (χ3n) is 4.59. The largest absolute Gasteiger partial charge is 0.480 e. The Morgan fingerprint density at radius 1 is 1.29 bits per heavy atom. The number of carbonyl (C=O) groups excluding carboxylic acids is 1. The molecule has 21 heavy (non-hydrogen) atoms. The van der Waals surface area contributed by atoms with E-state index in [9.17, 15) is 23.1 Å². The normalized spacial score (nSPS) is 29.5. The number of aliphatic carboxylic acids is 1. The van der Waals surface area contributed by atoms with Gasteiger partial charge in [0.1, 0.15) is 6.04 Å². The van der Waals surface area contributed by atoms with Gasteiger partial charge >= 0.3 is 5.97 Å². The molecule has 2 rings (SSSR count). The van der Waals surface area contributed by atoms with Crippen molar-refractivity contribution in [3.8, 4) is 0 Å². The first-order valence-electron chi connectivity index (χ1n) is 7.17. The molecule has 1 saturated heterocycles. The zero-order valence-corrected chi connectivity index (χ0v) is 13.2. The van der Waals surface area contributed by atoms with Crippen LogP contribution in [0.2, 0.25) is 0 Å². The Kier molecular flexibility index (Phi) is 4.57. The fourth-order valence-corrected chi connectivity index (χ4v) is 3.77. The second kappa shape index (κ2) is 5.92. The molecule has 7 nitrogen and oxygen atoms in total. The van der Waals surface area contributed by atoms with Crippen molar-refractivity contribution >= 4 is 21.9 Å². The van der Waals surface area contributed by atoms with Gasteiger partial charge in [0.2, 0.25) is 15.9 Å². The minimum Gasteiger partial charge on any atom is -0.480 e. The highest BCUT2D eigenvalue weighted by Gasteiger charge is 2.47. The van der Waals surface area contributed by atoms with Crippen LogP contribution in [0.25, 0.3) is 0 Å². The summed E-state index contributed by atoms with van der Waals surface area (Å²) in [6.45, 7) is -0.300. The number of carboxylic acids is 1. The number of fused-ring (bicyclic) bond motifs is 1. The molecule has 1 N–H and O–H groups in total. The first-order chi connectivity index (χ1) is 9.71. The lowest BCUT2D eigenvalue weighted by Crippen LogP contribution is -2.50. The molecule has 2 fully saturated rings. The molecule has 1 aliphatic heterocycles. The molecule has 0 aromatic heterocycles. The Balaban J connectivity index is 2.17. The van der Waals surface area contributed by atoms with Gasteiger partial charge in [-0.05, 0) is 25.2 Å². The van der Waals surface area contributed by atoms with E-state index in [1.54, 1.807) is 0 Å². The lowest BCUT2D eigenvalue weighted by atomic mass is 9.85. The predicted molar refractivity (Wildman–Crippen MR) is 76.1 cm³/mol. The Hall–Kier alpha value is -1.15. The summed E-state index contributed by atoms with van der Waals surface area (Å²) in [4.78, 5) is 25.3. The van der Waals surface area contributed by atoms with Crippen LogP contribution < -0.4 is 0 Å². The molecule has 0 radical (unpaired) electrons. The standard InChI is InChI=1S/C13H22N2O5S/c1-14(21(2,19)20)8-12(16)15-10-6-4-3-5-9(10)7-11(15)13(17)18/h9-11H,3-8H2,1-2H3,(H,17,18)/t9-,10+,11+/m1/s1. The second-order valence-electron chi connectivity index (χ2n) is 6.02. The minimum atomic E-state index is -3.46. The van der Waals surface area contributed by atoms with E-state index in [0.717, 1.165) is 36.2 Å². The van der Waals surface area contributed by atoms with Crippen molar-refractivity contribution in [2.45, 2.75) is 44.2 Å². The molecule has 120 valence electrons. The van der Waals surface area contributed by atoms with Gasteiger partial charge in [-0.1, -0.05) is 12.8 Å². The molecular weight excluding hydrogens is 296 g/mol. The maximum absolute atomic E-state index is 12.4. The van der Waals surface area contributed by atoms with Gasteiger partial charge in [0, 0.05) is 13.1 Å². The van der Waals surface area contributed by atoms with Crippen LogP contribution in [-0.4, -0.2) is 66.5 Å². The molecule has 1 heterocycles. The number of rotatable bonds is 4. The summed E-state index contributed by atoms with van der Waals surface area (Å²) in [5.74, 6) is -1.18. The van der Waals surface area contributed by atoms with Crippen molar-refractivity contribution in [3.63, 3.8) is 0 Å². The van der Waals surface area contributed by atoms with Crippen LogP contribution >= 0.6 is 0 Å². The fraction of sp³-hybridized carbons (Fsp3) is 0.846. The summed E-state index contributed by atoms with van der Waals surface area (Å²) in [6, 6.07) is -0.876.